The number of rotatable bonds is 4. The Labute approximate surface area is 105 Å². The van der Waals surface area contributed by atoms with Gasteiger partial charge in [0.1, 0.15) is 0 Å². The first kappa shape index (κ1) is 13.7. The van der Waals surface area contributed by atoms with Gasteiger partial charge in [-0.1, -0.05) is 20.8 Å². The summed E-state index contributed by atoms with van der Waals surface area (Å²) in [6.45, 7) is 5.73. The molecule has 1 unspecified atom stereocenters. The summed E-state index contributed by atoms with van der Waals surface area (Å²) in [5, 5.41) is 15.2. The molecule has 0 aromatic carbocycles. The summed E-state index contributed by atoms with van der Waals surface area (Å²) in [6, 6.07) is 1.34. The number of amides is 1. The molecule has 94 valence electrons. The van der Waals surface area contributed by atoms with Crippen molar-refractivity contribution in [2.45, 2.75) is 33.2 Å². The Balaban J connectivity index is 2.73. The van der Waals surface area contributed by atoms with Gasteiger partial charge in [-0.2, -0.15) is 11.3 Å². The van der Waals surface area contributed by atoms with Crippen LogP contribution in [0.15, 0.2) is 16.8 Å². The standard InChI is InChI=1S/C12H17NO3S/c1-12(2,3)9(6-10(14)15)13-11(16)8-4-5-17-7-8/h4-5,7,9H,6H2,1-3H3,(H,13,16)(H,14,15). The van der Waals surface area contributed by atoms with Crippen LogP contribution in [0.1, 0.15) is 37.6 Å². The lowest BCUT2D eigenvalue weighted by Crippen LogP contribution is -2.44. The molecule has 17 heavy (non-hydrogen) atoms. The lowest BCUT2D eigenvalue weighted by molar-refractivity contribution is -0.138. The lowest BCUT2D eigenvalue weighted by Gasteiger charge is -2.30. The van der Waals surface area contributed by atoms with Crippen molar-refractivity contribution < 1.29 is 14.7 Å². The average molecular weight is 255 g/mol. The minimum atomic E-state index is -0.907. The van der Waals surface area contributed by atoms with Crippen LogP contribution in [-0.4, -0.2) is 23.0 Å². The van der Waals surface area contributed by atoms with Gasteiger partial charge in [-0.15, -0.1) is 0 Å². The Morgan fingerprint density at radius 3 is 2.53 bits per heavy atom. The lowest BCUT2D eigenvalue weighted by atomic mass is 9.84. The third kappa shape index (κ3) is 4.19. The molecule has 0 aliphatic heterocycles. The third-order valence-corrected chi connectivity index (χ3v) is 3.20. The second kappa shape index (κ2) is 5.31. The van der Waals surface area contributed by atoms with E-state index in [1.807, 2.05) is 26.2 Å². The van der Waals surface area contributed by atoms with Gasteiger partial charge in [0.15, 0.2) is 0 Å². The summed E-state index contributed by atoms with van der Waals surface area (Å²) in [5.41, 5.74) is 0.291. The van der Waals surface area contributed by atoms with Gasteiger partial charge in [-0.25, -0.2) is 0 Å². The van der Waals surface area contributed by atoms with Gasteiger partial charge in [0, 0.05) is 17.0 Å². The number of thiophene rings is 1. The number of hydrogen-bond acceptors (Lipinski definition) is 3. The fraction of sp³-hybridized carbons (Fsp3) is 0.500. The van der Waals surface area contributed by atoms with Gasteiger partial charge >= 0.3 is 5.97 Å². The molecule has 0 fully saturated rings. The number of carbonyl (C=O) groups is 2. The quantitative estimate of drug-likeness (QED) is 0.868. The number of aliphatic carboxylic acids is 1. The molecule has 1 amide bonds. The molecule has 1 aromatic heterocycles. The molecule has 1 aromatic rings. The highest BCUT2D eigenvalue weighted by atomic mass is 32.1. The van der Waals surface area contributed by atoms with E-state index in [9.17, 15) is 9.59 Å². The predicted octanol–water partition coefficient (Wildman–Crippen LogP) is 2.37. The van der Waals surface area contributed by atoms with E-state index in [4.69, 9.17) is 5.11 Å². The fourth-order valence-electron chi connectivity index (χ4n) is 1.38. The Morgan fingerprint density at radius 1 is 1.47 bits per heavy atom. The highest BCUT2D eigenvalue weighted by Crippen LogP contribution is 2.22. The smallest absolute Gasteiger partial charge is 0.305 e. The molecule has 1 atom stereocenters. The van der Waals surface area contributed by atoms with E-state index in [2.05, 4.69) is 5.32 Å². The Kier molecular flexibility index (Phi) is 4.28. The van der Waals surface area contributed by atoms with Crippen molar-refractivity contribution in [2.24, 2.45) is 5.41 Å². The van der Waals surface area contributed by atoms with Crippen molar-refractivity contribution in [3.63, 3.8) is 0 Å². The van der Waals surface area contributed by atoms with Gasteiger partial charge in [-0.05, 0) is 16.9 Å². The minimum absolute atomic E-state index is 0.0701. The molecule has 0 radical (unpaired) electrons. The van der Waals surface area contributed by atoms with Gasteiger partial charge in [0.05, 0.1) is 6.42 Å². The second-order valence-electron chi connectivity index (χ2n) is 5.00. The first-order chi connectivity index (χ1) is 7.80. The second-order valence-corrected chi connectivity index (χ2v) is 5.78. The van der Waals surface area contributed by atoms with Gasteiger partial charge in [0.25, 0.3) is 5.91 Å². The fourth-order valence-corrected chi connectivity index (χ4v) is 2.02. The largest absolute Gasteiger partial charge is 0.481 e. The third-order valence-electron chi connectivity index (χ3n) is 2.51. The molecule has 1 rings (SSSR count). The molecule has 0 aliphatic rings. The predicted molar refractivity (Wildman–Crippen MR) is 67.3 cm³/mol. The summed E-state index contributed by atoms with van der Waals surface area (Å²) >= 11 is 1.44. The van der Waals surface area contributed by atoms with Crippen molar-refractivity contribution in [1.82, 2.24) is 5.32 Å². The summed E-state index contributed by atoms with van der Waals surface area (Å²) in [5.74, 6) is -1.12. The Bertz CT molecular complexity index is 392. The minimum Gasteiger partial charge on any atom is -0.481 e. The van der Waals surface area contributed by atoms with Crippen LogP contribution < -0.4 is 5.32 Å². The van der Waals surface area contributed by atoms with Crippen LogP contribution in [0.2, 0.25) is 0 Å². The van der Waals surface area contributed by atoms with Crippen LogP contribution >= 0.6 is 11.3 Å². The monoisotopic (exact) mass is 255 g/mol. The van der Waals surface area contributed by atoms with Gasteiger partial charge in [0.2, 0.25) is 0 Å². The molecule has 2 N–H and O–H groups in total. The van der Waals surface area contributed by atoms with E-state index in [0.717, 1.165) is 0 Å². The average Bonchev–Trinajstić information content (AvgIpc) is 2.66. The normalized spacial score (nSPS) is 13.1. The van der Waals surface area contributed by atoms with Crippen LogP contribution in [0, 0.1) is 5.41 Å². The number of carboxylic acid groups (broad SMARTS) is 1. The van der Waals surface area contributed by atoms with E-state index < -0.39 is 5.97 Å². The maximum Gasteiger partial charge on any atom is 0.305 e. The van der Waals surface area contributed by atoms with E-state index in [1.165, 1.54) is 11.3 Å². The number of carboxylic acids is 1. The van der Waals surface area contributed by atoms with E-state index in [1.54, 1.807) is 11.4 Å². The zero-order valence-corrected chi connectivity index (χ0v) is 11.0. The zero-order valence-electron chi connectivity index (χ0n) is 10.2. The van der Waals surface area contributed by atoms with Crippen LogP contribution in [0.25, 0.3) is 0 Å². The molecular weight excluding hydrogens is 238 g/mol. The van der Waals surface area contributed by atoms with Crippen molar-refractivity contribution in [2.75, 3.05) is 0 Å². The molecule has 0 saturated heterocycles. The molecular formula is C12H17NO3S. The van der Waals surface area contributed by atoms with Crippen LogP contribution in [0.4, 0.5) is 0 Å². The van der Waals surface area contributed by atoms with Crippen molar-refractivity contribution in [3.05, 3.63) is 22.4 Å². The molecule has 0 spiro atoms. The van der Waals surface area contributed by atoms with Crippen molar-refractivity contribution >= 4 is 23.2 Å². The van der Waals surface area contributed by atoms with Crippen molar-refractivity contribution in [3.8, 4) is 0 Å². The Hall–Kier alpha value is -1.36. The summed E-state index contributed by atoms with van der Waals surface area (Å²) in [6.07, 6.45) is -0.0701. The SMILES string of the molecule is CC(C)(C)C(CC(=O)O)NC(=O)c1ccsc1. The topological polar surface area (TPSA) is 66.4 Å². The van der Waals surface area contributed by atoms with Crippen molar-refractivity contribution in [1.29, 1.82) is 0 Å². The highest BCUT2D eigenvalue weighted by molar-refractivity contribution is 7.08. The number of carbonyl (C=O) groups excluding carboxylic acids is 1. The van der Waals surface area contributed by atoms with Crippen LogP contribution in [-0.2, 0) is 4.79 Å². The zero-order chi connectivity index (χ0) is 13.1. The molecule has 0 bridgehead atoms. The molecule has 5 heteroatoms. The summed E-state index contributed by atoms with van der Waals surface area (Å²) in [4.78, 5) is 22.6. The van der Waals surface area contributed by atoms with E-state index in [-0.39, 0.29) is 23.8 Å². The number of hydrogen-bond donors (Lipinski definition) is 2. The molecule has 4 nitrogen and oxygen atoms in total. The first-order valence-electron chi connectivity index (χ1n) is 5.35. The van der Waals surface area contributed by atoms with E-state index >= 15 is 0 Å². The summed E-state index contributed by atoms with van der Waals surface area (Å²) < 4.78 is 0. The van der Waals surface area contributed by atoms with E-state index in [0.29, 0.717) is 5.56 Å². The molecule has 1 heterocycles. The maximum atomic E-state index is 11.8. The molecule has 0 aliphatic carbocycles. The van der Waals surface area contributed by atoms with Crippen LogP contribution in [0.5, 0.6) is 0 Å². The van der Waals surface area contributed by atoms with Crippen LogP contribution in [0.3, 0.4) is 0 Å². The highest BCUT2D eigenvalue weighted by Gasteiger charge is 2.28. The Morgan fingerprint density at radius 2 is 2.12 bits per heavy atom. The van der Waals surface area contributed by atoms with Gasteiger partial charge in [-0.3, -0.25) is 9.59 Å². The number of nitrogens with one attached hydrogen (secondary N) is 1. The summed E-state index contributed by atoms with van der Waals surface area (Å²) in [7, 11) is 0. The van der Waals surface area contributed by atoms with Gasteiger partial charge < -0.3 is 10.4 Å². The molecule has 0 saturated carbocycles. The first-order valence-corrected chi connectivity index (χ1v) is 6.30. The maximum absolute atomic E-state index is 11.8.